The molecular formula is C20H16N4O4. The van der Waals surface area contributed by atoms with Crippen molar-refractivity contribution in [2.24, 2.45) is 0 Å². The number of ether oxygens (including phenoxy) is 1. The molecule has 1 N–H and O–H groups in total. The minimum absolute atomic E-state index is 0.0547. The highest BCUT2D eigenvalue weighted by Crippen LogP contribution is 2.44. The van der Waals surface area contributed by atoms with Gasteiger partial charge in [0.15, 0.2) is 5.82 Å². The maximum Gasteiger partial charge on any atom is 0.415 e. The van der Waals surface area contributed by atoms with Crippen molar-refractivity contribution in [2.45, 2.75) is 12.5 Å². The molecule has 0 unspecified atom stereocenters. The summed E-state index contributed by atoms with van der Waals surface area (Å²) in [6, 6.07) is 16.2. The quantitative estimate of drug-likeness (QED) is 0.755. The zero-order chi connectivity index (χ0) is 19.3. The molecule has 1 aliphatic carbocycles. The van der Waals surface area contributed by atoms with Crippen LogP contribution in [0.3, 0.4) is 0 Å². The Morgan fingerprint density at radius 3 is 2.32 bits per heavy atom. The molecule has 2 heterocycles. The molecule has 1 aromatic heterocycles. The number of amides is 1. The lowest BCUT2D eigenvalue weighted by Gasteiger charge is -2.18. The number of fused-ring (bicyclic) bond motifs is 4. The van der Waals surface area contributed by atoms with Crippen LogP contribution in [0.15, 0.2) is 48.5 Å². The average molecular weight is 376 g/mol. The van der Waals surface area contributed by atoms with Gasteiger partial charge in [0.1, 0.15) is 6.61 Å². The van der Waals surface area contributed by atoms with Gasteiger partial charge < -0.3 is 9.84 Å². The summed E-state index contributed by atoms with van der Waals surface area (Å²) in [5.74, 6) is -1.11. The van der Waals surface area contributed by atoms with Crippen LogP contribution >= 0.6 is 0 Å². The van der Waals surface area contributed by atoms with Crippen LogP contribution in [0.5, 0.6) is 0 Å². The number of hydrogen-bond donors (Lipinski definition) is 1. The first kappa shape index (κ1) is 16.5. The number of benzene rings is 2. The number of aromatic carboxylic acids is 1. The molecule has 0 spiro atoms. The molecule has 8 heteroatoms. The molecule has 0 saturated heterocycles. The fraction of sp³-hybridized carbons (Fsp3) is 0.200. The van der Waals surface area contributed by atoms with E-state index in [1.807, 2.05) is 36.4 Å². The van der Waals surface area contributed by atoms with Gasteiger partial charge in [-0.1, -0.05) is 53.7 Å². The fourth-order valence-electron chi connectivity index (χ4n) is 4.01. The molecule has 5 rings (SSSR count). The lowest BCUT2D eigenvalue weighted by molar-refractivity contribution is 0.0691. The van der Waals surface area contributed by atoms with Gasteiger partial charge in [-0.25, -0.2) is 14.3 Å². The van der Waals surface area contributed by atoms with Crippen LogP contribution in [-0.4, -0.2) is 45.3 Å². The Kier molecular flexibility index (Phi) is 3.65. The van der Waals surface area contributed by atoms with E-state index >= 15 is 0 Å². The molecule has 0 atom stereocenters. The molecule has 8 nitrogen and oxygen atoms in total. The van der Waals surface area contributed by atoms with Crippen LogP contribution in [0.4, 0.5) is 10.6 Å². The maximum absolute atomic E-state index is 12.7. The Bertz CT molecular complexity index is 1060. The number of hydrogen-bond acceptors (Lipinski definition) is 5. The Morgan fingerprint density at radius 2 is 1.68 bits per heavy atom. The Hall–Kier alpha value is -3.68. The van der Waals surface area contributed by atoms with E-state index in [0.29, 0.717) is 13.1 Å². The van der Waals surface area contributed by atoms with Crippen LogP contribution < -0.4 is 4.90 Å². The summed E-state index contributed by atoms with van der Waals surface area (Å²) < 4.78 is 7.02. The van der Waals surface area contributed by atoms with Gasteiger partial charge in [0.05, 0.1) is 13.1 Å². The molecule has 1 amide bonds. The maximum atomic E-state index is 12.7. The van der Waals surface area contributed by atoms with Gasteiger partial charge in [0.25, 0.3) is 0 Å². The lowest BCUT2D eigenvalue weighted by atomic mass is 9.98. The van der Waals surface area contributed by atoms with Gasteiger partial charge in [-0.05, 0) is 22.3 Å². The molecule has 140 valence electrons. The van der Waals surface area contributed by atoms with E-state index in [4.69, 9.17) is 4.74 Å². The first-order valence-corrected chi connectivity index (χ1v) is 8.94. The number of aromatic nitrogens is 3. The molecule has 1 aliphatic heterocycles. The van der Waals surface area contributed by atoms with Crippen molar-refractivity contribution < 1.29 is 19.4 Å². The van der Waals surface area contributed by atoms with Crippen molar-refractivity contribution in [3.63, 3.8) is 0 Å². The van der Waals surface area contributed by atoms with E-state index in [2.05, 4.69) is 22.4 Å². The van der Waals surface area contributed by atoms with Crippen molar-refractivity contribution in [2.75, 3.05) is 18.1 Å². The first-order valence-electron chi connectivity index (χ1n) is 8.94. The molecule has 2 aromatic carbocycles. The predicted molar refractivity (Wildman–Crippen MR) is 99.4 cm³/mol. The number of nitrogens with zero attached hydrogens (tertiary/aromatic N) is 4. The third-order valence-corrected chi connectivity index (χ3v) is 5.26. The van der Waals surface area contributed by atoms with Crippen molar-refractivity contribution >= 4 is 17.9 Å². The zero-order valence-electron chi connectivity index (χ0n) is 14.8. The van der Waals surface area contributed by atoms with Crippen LogP contribution in [-0.2, 0) is 11.3 Å². The molecular weight excluding hydrogens is 360 g/mol. The number of carbonyl (C=O) groups excluding carboxylic acids is 1. The largest absolute Gasteiger partial charge is 0.476 e. The van der Waals surface area contributed by atoms with E-state index in [0.717, 1.165) is 22.3 Å². The van der Waals surface area contributed by atoms with Gasteiger partial charge in [-0.3, -0.25) is 4.90 Å². The normalized spacial score (nSPS) is 14.5. The Labute approximate surface area is 160 Å². The summed E-state index contributed by atoms with van der Waals surface area (Å²) in [7, 11) is 0. The molecule has 0 saturated carbocycles. The summed E-state index contributed by atoms with van der Waals surface area (Å²) in [4.78, 5) is 25.3. The summed E-state index contributed by atoms with van der Waals surface area (Å²) in [6.45, 7) is 0.870. The van der Waals surface area contributed by atoms with Crippen molar-refractivity contribution in [1.82, 2.24) is 15.0 Å². The third kappa shape index (κ3) is 2.38. The summed E-state index contributed by atoms with van der Waals surface area (Å²) >= 11 is 0. The Balaban J connectivity index is 1.39. The first-order chi connectivity index (χ1) is 13.6. The molecule has 0 radical (unpaired) electrons. The van der Waals surface area contributed by atoms with Gasteiger partial charge in [-0.15, -0.1) is 5.10 Å². The molecule has 3 aromatic rings. The van der Waals surface area contributed by atoms with Gasteiger partial charge in [0.2, 0.25) is 5.69 Å². The second-order valence-electron chi connectivity index (χ2n) is 6.75. The van der Waals surface area contributed by atoms with E-state index < -0.39 is 12.1 Å². The van der Waals surface area contributed by atoms with Crippen LogP contribution in [0.2, 0.25) is 0 Å². The highest BCUT2D eigenvalue weighted by molar-refractivity contribution is 5.97. The van der Waals surface area contributed by atoms with Crippen LogP contribution in [0.1, 0.15) is 27.5 Å². The van der Waals surface area contributed by atoms with Crippen LogP contribution in [0.25, 0.3) is 11.1 Å². The summed E-state index contributed by atoms with van der Waals surface area (Å²) in [6.07, 6.45) is -0.592. The topological polar surface area (TPSA) is 97.5 Å². The second-order valence-corrected chi connectivity index (χ2v) is 6.75. The number of carboxylic acids is 1. The highest BCUT2D eigenvalue weighted by atomic mass is 16.6. The van der Waals surface area contributed by atoms with Crippen molar-refractivity contribution in [1.29, 1.82) is 0 Å². The number of rotatable bonds is 3. The van der Waals surface area contributed by atoms with E-state index in [9.17, 15) is 14.7 Å². The van der Waals surface area contributed by atoms with E-state index in [-0.39, 0.29) is 24.0 Å². The average Bonchev–Trinajstić information content (AvgIpc) is 3.38. The molecule has 0 fully saturated rings. The number of carbonyl (C=O) groups is 2. The van der Waals surface area contributed by atoms with E-state index in [1.54, 1.807) is 0 Å². The van der Waals surface area contributed by atoms with Crippen molar-refractivity contribution in [3.8, 4) is 11.1 Å². The predicted octanol–water partition coefficient (Wildman–Crippen LogP) is 2.75. The molecule has 2 aliphatic rings. The standard InChI is InChI=1S/C20H16N4O4/c25-19(26)17-18-23(9-10-24(18)22-21-17)20(27)28-11-16-14-7-3-1-5-12(14)13-6-2-4-8-15(13)16/h1-8,16H,9-11H2,(H,25,26). The minimum Gasteiger partial charge on any atom is -0.476 e. The van der Waals surface area contributed by atoms with Gasteiger partial charge >= 0.3 is 12.1 Å². The monoisotopic (exact) mass is 376 g/mol. The number of anilines is 1. The third-order valence-electron chi connectivity index (χ3n) is 5.26. The summed E-state index contributed by atoms with van der Waals surface area (Å²) in [5.41, 5.74) is 4.30. The SMILES string of the molecule is O=C(O)c1nnn2c1N(C(=O)OCC1c3ccccc3-c3ccccc31)CC2. The Morgan fingerprint density at radius 1 is 1.04 bits per heavy atom. The summed E-state index contributed by atoms with van der Waals surface area (Å²) in [5, 5.41) is 16.7. The van der Waals surface area contributed by atoms with Crippen LogP contribution in [0, 0.1) is 0 Å². The molecule has 0 bridgehead atoms. The van der Waals surface area contributed by atoms with Gasteiger partial charge in [0, 0.05) is 5.92 Å². The van der Waals surface area contributed by atoms with Gasteiger partial charge in [-0.2, -0.15) is 0 Å². The highest BCUT2D eigenvalue weighted by Gasteiger charge is 2.35. The minimum atomic E-state index is -1.22. The second kappa shape index (κ2) is 6.19. The number of carboxylic acid groups (broad SMARTS) is 1. The van der Waals surface area contributed by atoms with Crippen molar-refractivity contribution in [3.05, 3.63) is 65.4 Å². The van der Waals surface area contributed by atoms with E-state index in [1.165, 1.54) is 9.58 Å². The lowest BCUT2D eigenvalue weighted by Crippen LogP contribution is -2.32. The zero-order valence-corrected chi connectivity index (χ0v) is 14.8. The molecule has 28 heavy (non-hydrogen) atoms. The fourth-order valence-corrected chi connectivity index (χ4v) is 4.01. The smallest absolute Gasteiger partial charge is 0.415 e.